The quantitative estimate of drug-likeness (QED) is 0.633. The van der Waals surface area contributed by atoms with E-state index in [-0.39, 0.29) is 33.8 Å². The number of rotatable bonds is 4. The van der Waals surface area contributed by atoms with Crippen LogP contribution in [0.1, 0.15) is 22.8 Å². The van der Waals surface area contributed by atoms with Crippen LogP contribution in [0.5, 0.6) is 5.75 Å². The Morgan fingerprint density at radius 2 is 1.78 bits per heavy atom. The van der Waals surface area contributed by atoms with E-state index in [0.717, 1.165) is 14.2 Å². The van der Waals surface area contributed by atoms with Gasteiger partial charge in [0.05, 0.1) is 36.6 Å². The summed E-state index contributed by atoms with van der Waals surface area (Å²) in [6, 6.07) is 4.30. The van der Waals surface area contributed by atoms with Crippen molar-refractivity contribution in [2.75, 3.05) is 19.1 Å². The van der Waals surface area contributed by atoms with Gasteiger partial charge in [-0.25, -0.2) is 9.59 Å². The van der Waals surface area contributed by atoms with Gasteiger partial charge in [0.25, 0.3) is 0 Å². The van der Waals surface area contributed by atoms with Gasteiger partial charge in [0.15, 0.2) is 5.78 Å². The molecule has 0 aromatic heterocycles. The van der Waals surface area contributed by atoms with Gasteiger partial charge in [-0.15, -0.1) is 0 Å². The largest absolute Gasteiger partial charge is 0.507 e. The molecule has 1 N–H and O–H groups in total. The highest BCUT2D eigenvalue weighted by atomic mass is 16.5. The lowest BCUT2D eigenvalue weighted by molar-refractivity contribution is -0.139. The van der Waals surface area contributed by atoms with Crippen LogP contribution >= 0.6 is 0 Å². The molecule has 0 saturated heterocycles. The first-order chi connectivity index (χ1) is 12.8. The van der Waals surface area contributed by atoms with Gasteiger partial charge < -0.3 is 19.5 Å². The van der Waals surface area contributed by atoms with Crippen molar-refractivity contribution in [3.63, 3.8) is 0 Å². The number of phenols is 1. The Hall–Kier alpha value is -3.86. The Balaban J connectivity index is 2.80. The standard InChI is InChI=1S/C19H16N2O6/c1-11(22)14-8-12(10-20)15(9-16(14)23)21-7-5-4-6-13(18(24)26-2)17(21)19(25)27-3/h4-9,23H,1-3H3. The number of nitriles is 1. The second-order valence-corrected chi connectivity index (χ2v) is 5.37. The number of carbonyl (C=O) groups excluding carboxylic acids is 3. The maximum absolute atomic E-state index is 12.4. The van der Waals surface area contributed by atoms with E-state index < -0.39 is 17.7 Å². The molecular weight excluding hydrogens is 352 g/mol. The lowest BCUT2D eigenvalue weighted by Crippen LogP contribution is -2.27. The van der Waals surface area contributed by atoms with Crippen LogP contribution in [0.4, 0.5) is 5.69 Å². The van der Waals surface area contributed by atoms with E-state index in [0.29, 0.717) is 0 Å². The van der Waals surface area contributed by atoms with Crippen LogP contribution < -0.4 is 4.90 Å². The number of phenolic OH excluding ortho intramolecular Hbond substituents is 1. The third kappa shape index (κ3) is 3.72. The summed E-state index contributed by atoms with van der Waals surface area (Å²) in [6.45, 7) is 1.25. The molecule has 8 heteroatoms. The minimum absolute atomic E-state index is 0.00942. The number of carbonyl (C=O) groups is 3. The zero-order valence-electron chi connectivity index (χ0n) is 14.8. The zero-order valence-corrected chi connectivity index (χ0v) is 14.8. The van der Waals surface area contributed by atoms with E-state index in [1.165, 1.54) is 48.4 Å². The van der Waals surface area contributed by atoms with E-state index in [9.17, 15) is 24.8 Å². The Labute approximate surface area is 155 Å². The number of hydrogen-bond acceptors (Lipinski definition) is 8. The first-order valence-electron chi connectivity index (χ1n) is 7.68. The fourth-order valence-electron chi connectivity index (χ4n) is 2.50. The fourth-order valence-corrected chi connectivity index (χ4v) is 2.50. The van der Waals surface area contributed by atoms with Crippen molar-refractivity contribution in [1.29, 1.82) is 5.26 Å². The van der Waals surface area contributed by atoms with Crippen molar-refractivity contribution < 1.29 is 29.0 Å². The van der Waals surface area contributed by atoms with E-state index in [1.807, 2.05) is 6.07 Å². The molecular formula is C19H16N2O6. The van der Waals surface area contributed by atoms with Crippen molar-refractivity contribution in [2.45, 2.75) is 6.92 Å². The average Bonchev–Trinajstić information content (AvgIpc) is 2.89. The molecule has 0 unspecified atom stereocenters. The van der Waals surface area contributed by atoms with Crippen molar-refractivity contribution in [1.82, 2.24) is 0 Å². The Bertz CT molecular complexity index is 950. The van der Waals surface area contributed by atoms with Gasteiger partial charge in [-0.3, -0.25) is 4.79 Å². The molecule has 0 saturated carbocycles. The number of benzene rings is 1. The fraction of sp³-hybridized carbons (Fsp3) is 0.158. The van der Waals surface area contributed by atoms with Gasteiger partial charge in [-0.1, -0.05) is 6.08 Å². The second kappa shape index (κ2) is 8.01. The van der Waals surface area contributed by atoms with Crippen LogP contribution in [0.15, 0.2) is 47.8 Å². The molecule has 8 nitrogen and oxygen atoms in total. The average molecular weight is 368 g/mol. The Morgan fingerprint density at radius 1 is 1.11 bits per heavy atom. The number of Topliss-reactive ketones (excluding diaryl/α,β-unsaturated/α-hetero) is 1. The van der Waals surface area contributed by atoms with E-state index in [4.69, 9.17) is 9.47 Å². The predicted molar refractivity (Wildman–Crippen MR) is 94.6 cm³/mol. The van der Waals surface area contributed by atoms with Crippen LogP contribution in [0.2, 0.25) is 0 Å². The number of allylic oxidation sites excluding steroid dienone is 2. The normalized spacial score (nSPS) is 13.0. The SMILES string of the molecule is COC(=O)C1=C(C(=O)OC)N(c2cc(O)c(C(C)=O)cc2C#N)C=CC=C1. The highest BCUT2D eigenvalue weighted by Crippen LogP contribution is 2.34. The van der Waals surface area contributed by atoms with E-state index >= 15 is 0 Å². The van der Waals surface area contributed by atoms with Crippen LogP contribution in [-0.4, -0.2) is 37.0 Å². The maximum Gasteiger partial charge on any atom is 0.355 e. The second-order valence-electron chi connectivity index (χ2n) is 5.37. The van der Waals surface area contributed by atoms with Crippen LogP contribution in [-0.2, 0) is 19.1 Å². The minimum Gasteiger partial charge on any atom is -0.507 e. The summed E-state index contributed by atoms with van der Waals surface area (Å²) in [5, 5.41) is 19.7. The molecule has 0 radical (unpaired) electrons. The highest BCUT2D eigenvalue weighted by molar-refractivity contribution is 6.06. The highest BCUT2D eigenvalue weighted by Gasteiger charge is 2.29. The molecule has 1 heterocycles. The minimum atomic E-state index is -0.856. The number of hydrogen-bond donors (Lipinski definition) is 1. The zero-order chi connectivity index (χ0) is 20.1. The first kappa shape index (κ1) is 19.5. The van der Waals surface area contributed by atoms with Gasteiger partial charge in [0.1, 0.15) is 17.5 Å². The third-order valence-electron chi connectivity index (χ3n) is 3.76. The Morgan fingerprint density at radius 3 is 2.33 bits per heavy atom. The molecule has 0 amide bonds. The van der Waals surface area contributed by atoms with Crippen molar-refractivity contribution >= 4 is 23.4 Å². The van der Waals surface area contributed by atoms with Gasteiger partial charge in [0.2, 0.25) is 0 Å². The van der Waals surface area contributed by atoms with Crippen molar-refractivity contribution in [2.24, 2.45) is 0 Å². The van der Waals surface area contributed by atoms with Gasteiger partial charge >= 0.3 is 11.9 Å². The topological polar surface area (TPSA) is 117 Å². The van der Waals surface area contributed by atoms with Crippen LogP contribution in [0.25, 0.3) is 0 Å². The Kier molecular flexibility index (Phi) is 5.78. The molecule has 0 aliphatic carbocycles. The maximum atomic E-state index is 12.4. The van der Waals surface area contributed by atoms with Gasteiger partial charge in [-0.05, 0) is 25.1 Å². The number of nitrogens with zero attached hydrogens (tertiary/aromatic N) is 2. The van der Waals surface area contributed by atoms with Crippen LogP contribution in [0, 0.1) is 11.3 Å². The monoisotopic (exact) mass is 368 g/mol. The summed E-state index contributed by atoms with van der Waals surface area (Å²) in [5.74, 6) is -2.44. The first-order valence-corrected chi connectivity index (χ1v) is 7.68. The molecule has 1 aromatic rings. The van der Waals surface area contributed by atoms with Crippen molar-refractivity contribution in [3.05, 3.63) is 59.0 Å². The molecule has 138 valence electrons. The molecule has 0 fully saturated rings. The van der Waals surface area contributed by atoms with E-state index in [2.05, 4.69) is 0 Å². The molecule has 1 aliphatic heterocycles. The third-order valence-corrected chi connectivity index (χ3v) is 3.76. The summed E-state index contributed by atoms with van der Waals surface area (Å²) >= 11 is 0. The molecule has 0 bridgehead atoms. The molecule has 2 rings (SSSR count). The smallest absolute Gasteiger partial charge is 0.355 e. The van der Waals surface area contributed by atoms with Gasteiger partial charge in [-0.2, -0.15) is 5.26 Å². The number of aromatic hydroxyl groups is 1. The van der Waals surface area contributed by atoms with Gasteiger partial charge in [0, 0.05) is 12.3 Å². The molecule has 0 spiro atoms. The van der Waals surface area contributed by atoms with E-state index in [1.54, 1.807) is 0 Å². The molecule has 27 heavy (non-hydrogen) atoms. The number of esters is 2. The summed E-state index contributed by atoms with van der Waals surface area (Å²) in [6.07, 6.45) is 5.81. The summed E-state index contributed by atoms with van der Waals surface area (Å²) in [7, 11) is 2.30. The summed E-state index contributed by atoms with van der Waals surface area (Å²) in [5.41, 5.74) is -0.255. The summed E-state index contributed by atoms with van der Waals surface area (Å²) in [4.78, 5) is 37.4. The lowest BCUT2D eigenvalue weighted by Gasteiger charge is -2.24. The van der Waals surface area contributed by atoms with Crippen LogP contribution in [0.3, 0.4) is 0 Å². The summed E-state index contributed by atoms with van der Waals surface area (Å²) < 4.78 is 9.49. The number of anilines is 1. The molecule has 0 atom stereocenters. The predicted octanol–water partition coefficient (Wildman–Crippen LogP) is 1.96. The molecule has 1 aromatic carbocycles. The van der Waals surface area contributed by atoms with Crippen molar-refractivity contribution in [3.8, 4) is 11.8 Å². The molecule has 1 aliphatic rings. The number of methoxy groups -OCH3 is 2. The number of ketones is 1. The lowest BCUT2D eigenvalue weighted by atomic mass is 10.0. The number of ether oxygens (including phenoxy) is 2.